The molecule has 1 saturated heterocycles. The Kier molecular flexibility index (Phi) is 7.96. The van der Waals surface area contributed by atoms with E-state index in [4.69, 9.17) is 11.6 Å². The second-order valence-corrected chi connectivity index (χ2v) is 8.19. The van der Waals surface area contributed by atoms with Crippen molar-refractivity contribution < 1.29 is 10.2 Å². The van der Waals surface area contributed by atoms with Gasteiger partial charge in [-0.3, -0.25) is 0 Å². The van der Waals surface area contributed by atoms with Gasteiger partial charge in [0.2, 0.25) is 0 Å². The molecule has 22 heavy (non-hydrogen) atoms. The third-order valence-corrected chi connectivity index (χ3v) is 6.42. The molecule has 1 heterocycles. The molecule has 2 rings (SSSR count). The van der Waals surface area contributed by atoms with Gasteiger partial charge in [-0.2, -0.15) is 0 Å². The van der Waals surface area contributed by atoms with E-state index < -0.39 is 0 Å². The van der Waals surface area contributed by atoms with E-state index in [0.717, 1.165) is 18.0 Å². The van der Waals surface area contributed by atoms with Crippen molar-refractivity contribution in [2.75, 3.05) is 26.2 Å². The summed E-state index contributed by atoms with van der Waals surface area (Å²) in [7, 11) is 0. The van der Waals surface area contributed by atoms with Crippen molar-refractivity contribution >= 4 is 11.6 Å². The van der Waals surface area contributed by atoms with Gasteiger partial charge in [-0.1, -0.05) is 0 Å². The molecule has 1 aliphatic carbocycles. The molecular formula is C18H38ClN3+2. The maximum Gasteiger partial charge on any atom is 0.0916 e. The van der Waals surface area contributed by atoms with E-state index >= 15 is 0 Å². The van der Waals surface area contributed by atoms with E-state index in [1.165, 1.54) is 64.7 Å². The molecule has 2 fully saturated rings. The molecule has 3 nitrogen and oxygen atoms in total. The zero-order valence-electron chi connectivity index (χ0n) is 14.9. The lowest BCUT2D eigenvalue weighted by Crippen LogP contribution is -3.11. The van der Waals surface area contributed by atoms with E-state index in [2.05, 4.69) is 31.4 Å². The first-order valence-corrected chi connectivity index (χ1v) is 10.1. The van der Waals surface area contributed by atoms with Crippen LogP contribution in [0.25, 0.3) is 0 Å². The summed E-state index contributed by atoms with van der Waals surface area (Å²) in [5, 5.41) is 6.95. The third-order valence-electron chi connectivity index (χ3n) is 6.02. The molecule has 4 unspecified atom stereocenters. The Morgan fingerprint density at radius 1 is 1.23 bits per heavy atom. The first kappa shape index (κ1) is 18.5. The standard InChI is InChI=1S/C18H36ClN3/c1-4-22(5-2)12-6-7-14(3)21-17-10-11-20-18-13-15(19)8-9-16(17)18/h14-18,20-21H,4-13H2,1-3H3/p+2/t14-,15?,16?,17?,18?/m0/s1. The van der Waals surface area contributed by atoms with E-state index in [1.54, 1.807) is 4.90 Å². The predicted octanol–water partition coefficient (Wildman–Crippen LogP) is 0.781. The maximum atomic E-state index is 6.37. The number of rotatable bonds is 8. The fraction of sp³-hybridized carbons (Fsp3) is 1.00. The molecule has 4 heteroatoms. The predicted molar refractivity (Wildman–Crippen MR) is 94.7 cm³/mol. The number of halogens is 1. The minimum absolute atomic E-state index is 0.422. The first-order valence-electron chi connectivity index (χ1n) is 9.71. The fourth-order valence-electron chi connectivity index (χ4n) is 4.57. The van der Waals surface area contributed by atoms with Gasteiger partial charge in [-0.15, -0.1) is 11.6 Å². The van der Waals surface area contributed by atoms with Crippen molar-refractivity contribution in [2.24, 2.45) is 5.92 Å². The van der Waals surface area contributed by atoms with Gasteiger partial charge in [0.05, 0.1) is 32.2 Å². The summed E-state index contributed by atoms with van der Waals surface area (Å²) >= 11 is 6.37. The monoisotopic (exact) mass is 331 g/mol. The number of quaternary nitrogens is 2. The zero-order chi connectivity index (χ0) is 15.9. The van der Waals surface area contributed by atoms with Crippen molar-refractivity contribution in [1.29, 1.82) is 0 Å². The zero-order valence-corrected chi connectivity index (χ0v) is 15.7. The van der Waals surface area contributed by atoms with Crippen LogP contribution in [0, 0.1) is 5.92 Å². The average molecular weight is 332 g/mol. The highest BCUT2D eigenvalue weighted by Gasteiger charge is 2.40. The van der Waals surface area contributed by atoms with Gasteiger partial charge in [0.25, 0.3) is 0 Å². The van der Waals surface area contributed by atoms with Crippen LogP contribution in [0.2, 0.25) is 0 Å². The summed E-state index contributed by atoms with van der Waals surface area (Å²) in [5.74, 6) is 0.847. The van der Waals surface area contributed by atoms with Crippen LogP contribution >= 0.6 is 11.6 Å². The van der Waals surface area contributed by atoms with Gasteiger partial charge in [0.15, 0.2) is 0 Å². The van der Waals surface area contributed by atoms with E-state index in [0.29, 0.717) is 11.4 Å². The largest absolute Gasteiger partial charge is 0.343 e. The average Bonchev–Trinajstić information content (AvgIpc) is 2.51. The van der Waals surface area contributed by atoms with Crippen LogP contribution in [0.3, 0.4) is 0 Å². The minimum atomic E-state index is 0.422. The highest BCUT2D eigenvalue weighted by Crippen LogP contribution is 2.31. The molecule has 2 aliphatic rings. The summed E-state index contributed by atoms with van der Waals surface area (Å²) < 4.78 is 0. The Morgan fingerprint density at radius 3 is 2.73 bits per heavy atom. The fourth-order valence-corrected chi connectivity index (χ4v) is 4.90. The van der Waals surface area contributed by atoms with Gasteiger partial charge >= 0.3 is 0 Å². The molecule has 0 bridgehead atoms. The van der Waals surface area contributed by atoms with E-state index in [9.17, 15) is 0 Å². The Bertz CT molecular complexity index is 309. The molecule has 1 saturated carbocycles. The second kappa shape index (κ2) is 9.46. The highest BCUT2D eigenvalue weighted by molar-refractivity contribution is 6.20. The van der Waals surface area contributed by atoms with Crippen LogP contribution in [0.4, 0.5) is 0 Å². The molecule has 0 radical (unpaired) electrons. The number of piperidine rings is 1. The third kappa shape index (κ3) is 5.36. The molecule has 0 aromatic carbocycles. The molecule has 1 aliphatic heterocycles. The maximum absolute atomic E-state index is 6.37. The van der Waals surface area contributed by atoms with Gasteiger partial charge in [0, 0.05) is 36.2 Å². The minimum Gasteiger partial charge on any atom is -0.343 e. The quantitative estimate of drug-likeness (QED) is 0.564. The van der Waals surface area contributed by atoms with Crippen LogP contribution in [-0.4, -0.2) is 49.7 Å². The number of hydrogen-bond acceptors (Lipinski definition) is 1. The summed E-state index contributed by atoms with van der Waals surface area (Å²) in [6.45, 7) is 12.1. The molecule has 0 aromatic rings. The lowest BCUT2D eigenvalue weighted by molar-refractivity contribution is -0.896. The van der Waals surface area contributed by atoms with Gasteiger partial charge in [-0.05, 0) is 46.5 Å². The molecule has 4 N–H and O–H groups in total. The van der Waals surface area contributed by atoms with Crippen LogP contribution in [-0.2, 0) is 0 Å². The van der Waals surface area contributed by atoms with Gasteiger partial charge in [-0.25, -0.2) is 0 Å². The van der Waals surface area contributed by atoms with Crippen LogP contribution in [0.5, 0.6) is 0 Å². The van der Waals surface area contributed by atoms with Crippen molar-refractivity contribution in [3.8, 4) is 0 Å². The number of nitrogens with two attached hydrogens (primary N) is 1. The van der Waals surface area contributed by atoms with E-state index in [-0.39, 0.29) is 0 Å². The smallest absolute Gasteiger partial charge is 0.0916 e. The summed E-state index contributed by atoms with van der Waals surface area (Å²) in [4.78, 5) is 1.74. The van der Waals surface area contributed by atoms with Crippen LogP contribution in [0.1, 0.15) is 59.3 Å². The van der Waals surface area contributed by atoms with Gasteiger partial charge in [0.1, 0.15) is 0 Å². The summed E-state index contributed by atoms with van der Waals surface area (Å²) in [5.41, 5.74) is 0. The molecule has 0 spiro atoms. The molecule has 0 amide bonds. The van der Waals surface area contributed by atoms with Crippen LogP contribution in [0.15, 0.2) is 0 Å². The number of fused-ring (bicyclic) bond motifs is 1. The van der Waals surface area contributed by atoms with Gasteiger partial charge < -0.3 is 15.5 Å². The number of alkyl halides is 1. The molecular weight excluding hydrogens is 294 g/mol. The van der Waals surface area contributed by atoms with Crippen LogP contribution < -0.4 is 15.5 Å². The Hall–Kier alpha value is 0.170. The van der Waals surface area contributed by atoms with Crippen molar-refractivity contribution in [2.45, 2.75) is 82.8 Å². The molecule has 5 atom stereocenters. The lowest BCUT2D eigenvalue weighted by Gasteiger charge is -2.42. The van der Waals surface area contributed by atoms with Crippen molar-refractivity contribution in [3.05, 3.63) is 0 Å². The molecule has 130 valence electrons. The van der Waals surface area contributed by atoms with E-state index in [1.807, 2.05) is 0 Å². The summed E-state index contributed by atoms with van der Waals surface area (Å²) in [6, 6.07) is 2.16. The molecule has 0 aromatic heterocycles. The Morgan fingerprint density at radius 2 is 2.00 bits per heavy atom. The Labute approximate surface area is 142 Å². The Balaban J connectivity index is 1.72. The second-order valence-electron chi connectivity index (χ2n) is 7.57. The SMILES string of the molecule is CC[NH+](CC)CCC[C@H](C)NC1CC[NH2+]C2CC(Cl)CCC12. The first-order chi connectivity index (χ1) is 10.6. The summed E-state index contributed by atoms with van der Waals surface area (Å²) in [6.07, 6.45) is 7.75. The lowest BCUT2D eigenvalue weighted by atomic mass is 9.76. The number of hydrogen-bond donors (Lipinski definition) is 3. The van der Waals surface area contributed by atoms with Crippen molar-refractivity contribution in [3.63, 3.8) is 0 Å². The normalized spacial score (nSPS) is 33.7. The topological polar surface area (TPSA) is 33.1 Å². The number of nitrogens with one attached hydrogen (secondary N) is 2. The highest BCUT2D eigenvalue weighted by atomic mass is 35.5. The van der Waals surface area contributed by atoms with Crippen molar-refractivity contribution in [1.82, 2.24) is 5.32 Å².